The molecular formula is C15H13ClFNO3. The van der Waals surface area contributed by atoms with Crippen molar-refractivity contribution in [3.8, 4) is 0 Å². The highest BCUT2D eigenvalue weighted by atomic mass is 35.5. The third-order valence-electron chi connectivity index (χ3n) is 2.96. The van der Waals surface area contributed by atoms with E-state index in [4.69, 9.17) is 16.7 Å². The van der Waals surface area contributed by atoms with Gasteiger partial charge in [0.2, 0.25) is 0 Å². The van der Waals surface area contributed by atoms with Crippen LogP contribution in [-0.4, -0.2) is 16.2 Å². The van der Waals surface area contributed by atoms with Crippen molar-refractivity contribution >= 4 is 28.9 Å². The Hall–Kier alpha value is -2.11. The molecule has 21 heavy (non-hydrogen) atoms. The molecule has 1 unspecified atom stereocenters. The molecule has 0 heterocycles. The fraction of sp³-hybridized carbons (Fsp3) is 0.133. The number of carboxylic acids is 1. The molecule has 2 aromatic rings. The molecule has 4 nitrogen and oxygen atoms in total. The van der Waals surface area contributed by atoms with Crippen LogP contribution in [0.4, 0.5) is 15.8 Å². The summed E-state index contributed by atoms with van der Waals surface area (Å²) >= 11 is 5.92. The van der Waals surface area contributed by atoms with Gasteiger partial charge in [-0.3, -0.25) is 0 Å². The molecular weight excluding hydrogens is 297 g/mol. The zero-order valence-electron chi connectivity index (χ0n) is 11.1. The number of carbonyl (C=O) groups is 1. The summed E-state index contributed by atoms with van der Waals surface area (Å²) in [5.41, 5.74) is 1.22. The quantitative estimate of drug-likeness (QED) is 0.806. The molecule has 110 valence electrons. The Morgan fingerprint density at radius 2 is 2.05 bits per heavy atom. The number of nitrogens with one attached hydrogen (secondary N) is 1. The molecule has 0 aliphatic carbocycles. The topological polar surface area (TPSA) is 69.6 Å². The highest BCUT2D eigenvalue weighted by Gasteiger charge is 2.20. The molecule has 0 saturated heterocycles. The van der Waals surface area contributed by atoms with E-state index < -0.39 is 17.9 Å². The Morgan fingerprint density at radius 1 is 1.33 bits per heavy atom. The summed E-state index contributed by atoms with van der Waals surface area (Å²) in [6, 6.07) is 9.01. The third kappa shape index (κ3) is 3.32. The molecule has 0 aliphatic heterocycles. The molecule has 0 aromatic heterocycles. The molecule has 3 N–H and O–H groups in total. The van der Waals surface area contributed by atoms with Crippen LogP contribution >= 0.6 is 11.6 Å². The highest BCUT2D eigenvalue weighted by Crippen LogP contribution is 2.32. The molecule has 2 aromatic carbocycles. The number of aliphatic hydroxyl groups excluding tert-OH is 1. The van der Waals surface area contributed by atoms with E-state index in [0.717, 1.165) is 5.56 Å². The summed E-state index contributed by atoms with van der Waals surface area (Å²) in [6.45, 7) is 1.76. The predicted molar refractivity (Wildman–Crippen MR) is 78.5 cm³/mol. The van der Waals surface area contributed by atoms with Crippen LogP contribution in [0.2, 0.25) is 5.02 Å². The van der Waals surface area contributed by atoms with Crippen LogP contribution in [-0.2, 0) is 4.79 Å². The first kappa shape index (κ1) is 15.3. The van der Waals surface area contributed by atoms with Gasteiger partial charge in [0.05, 0.1) is 10.7 Å². The van der Waals surface area contributed by atoms with Crippen molar-refractivity contribution in [2.45, 2.75) is 13.0 Å². The monoisotopic (exact) mass is 309 g/mol. The second kappa shape index (κ2) is 6.11. The Labute approximate surface area is 125 Å². The van der Waals surface area contributed by atoms with Crippen LogP contribution in [0.3, 0.4) is 0 Å². The van der Waals surface area contributed by atoms with Crippen LogP contribution in [0.5, 0.6) is 0 Å². The number of aliphatic hydroxyl groups is 1. The van der Waals surface area contributed by atoms with E-state index in [1.165, 1.54) is 24.3 Å². The molecule has 0 aliphatic rings. The molecule has 0 fully saturated rings. The van der Waals surface area contributed by atoms with E-state index in [9.17, 15) is 14.3 Å². The highest BCUT2D eigenvalue weighted by molar-refractivity contribution is 6.33. The number of halogens is 2. The van der Waals surface area contributed by atoms with Gasteiger partial charge in [0.25, 0.3) is 0 Å². The van der Waals surface area contributed by atoms with Crippen molar-refractivity contribution in [1.82, 2.24) is 0 Å². The van der Waals surface area contributed by atoms with E-state index in [2.05, 4.69) is 5.32 Å². The molecule has 0 saturated carbocycles. The first-order valence-corrected chi connectivity index (χ1v) is 6.50. The normalized spacial score (nSPS) is 12.0. The number of benzene rings is 2. The largest absolute Gasteiger partial charge is 0.479 e. The van der Waals surface area contributed by atoms with Gasteiger partial charge in [0.1, 0.15) is 5.82 Å². The van der Waals surface area contributed by atoms with Crippen molar-refractivity contribution < 1.29 is 19.4 Å². The average Bonchev–Trinajstić information content (AvgIpc) is 2.43. The number of aryl methyl sites for hydroxylation is 1. The molecule has 6 heteroatoms. The van der Waals surface area contributed by atoms with Crippen molar-refractivity contribution in [3.05, 3.63) is 58.4 Å². The number of rotatable bonds is 4. The number of anilines is 2. The van der Waals surface area contributed by atoms with Crippen LogP contribution < -0.4 is 5.32 Å². The van der Waals surface area contributed by atoms with Gasteiger partial charge in [-0.05, 0) is 25.1 Å². The van der Waals surface area contributed by atoms with Gasteiger partial charge in [-0.1, -0.05) is 35.4 Å². The molecule has 0 amide bonds. The Kier molecular flexibility index (Phi) is 4.45. The number of aliphatic carboxylic acids is 1. The van der Waals surface area contributed by atoms with Crippen LogP contribution in [0.15, 0.2) is 36.4 Å². The van der Waals surface area contributed by atoms with E-state index in [-0.39, 0.29) is 22.0 Å². The van der Waals surface area contributed by atoms with E-state index in [1.807, 2.05) is 0 Å². The van der Waals surface area contributed by atoms with Crippen LogP contribution in [0, 0.1) is 12.7 Å². The van der Waals surface area contributed by atoms with Gasteiger partial charge in [0, 0.05) is 11.3 Å². The Balaban J connectivity index is 2.47. The Bertz CT molecular complexity index is 670. The SMILES string of the molecule is Cc1ccc(Nc2c(F)cccc2Cl)c(C(O)C(=O)O)c1. The minimum absolute atomic E-state index is 0.0295. The van der Waals surface area contributed by atoms with Crippen molar-refractivity contribution in [2.24, 2.45) is 0 Å². The lowest BCUT2D eigenvalue weighted by molar-refractivity contribution is -0.146. The number of para-hydroxylation sites is 1. The molecule has 0 radical (unpaired) electrons. The van der Waals surface area contributed by atoms with Gasteiger partial charge in [-0.15, -0.1) is 0 Å². The summed E-state index contributed by atoms with van der Waals surface area (Å²) in [5, 5.41) is 21.6. The maximum absolute atomic E-state index is 13.8. The lowest BCUT2D eigenvalue weighted by Crippen LogP contribution is -2.13. The van der Waals surface area contributed by atoms with Crippen molar-refractivity contribution in [1.29, 1.82) is 0 Å². The predicted octanol–water partition coefficient (Wildman–Crippen LogP) is 3.65. The van der Waals surface area contributed by atoms with Crippen LogP contribution in [0.1, 0.15) is 17.2 Å². The molecule has 0 spiro atoms. The summed E-state index contributed by atoms with van der Waals surface area (Å²) < 4.78 is 13.8. The van der Waals surface area contributed by atoms with E-state index in [0.29, 0.717) is 0 Å². The first-order chi connectivity index (χ1) is 9.90. The molecule has 0 bridgehead atoms. The van der Waals surface area contributed by atoms with E-state index in [1.54, 1.807) is 19.1 Å². The second-order valence-corrected chi connectivity index (χ2v) is 4.96. The maximum atomic E-state index is 13.8. The standard InChI is InChI=1S/C15H13ClFNO3/c1-8-5-6-12(9(7-8)14(19)15(20)21)18-13-10(16)3-2-4-11(13)17/h2-7,14,18-19H,1H3,(H,20,21). The molecule has 2 rings (SSSR count). The Morgan fingerprint density at radius 3 is 2.67 bits per heavy atom. The van der Waals surface area contributed by atoms with Crippen molar-refractivity contribution in [3.63, 3.8) is 0 Å². The zero-order valence-corrected chi connectivity index (χ0v) is 11.9. The summed E-state index contributed by atoms with van der Waals surface area (Å²) in [6.07, 6.45) is -1.71. The van der Waals surface area contributed by atoms with Gasteiger partial charge >= 0.3 is 5.97 Å². The number of hydrogen-bond donors (Lipinski definition) is 3. The van der Waals surface area contributed by atoms with Gasteiger partial charge < -0.3 is 15.5 Å². The number of carboxylic acid groups (broad SMARTS) is 1. The lowest BCUT2D eigenvalue weighted by atomic mass is 10.0. The van der Waals surface area contributed by atoms with Gasteiger partial charge in [0.15, 0.2) is 6.10 Å². The second-order valence-electron chi connectivity index (χ2n) is 4.55. The number of hydrogen-bond acceptors (Lipinski definition) is 3. The van der Waals surface area contributed by atoms with E-state index >= 15 is 0 Å². The van der Waals surface area contributed by atoms with Crippen LogP contribution in [0.25, 0.3) is 0 Å². The van der Waals surface area contributed by atoms with Gasteiger partial charge in [-0.25, -0.2) is 9.18 Å². The minimum atomic E-state index is -1.71. The fourth-order valence-electron chi connectivity index (χ4n) is 1.91. The maximum Gasteiger partial charge on any atom is 0.337 e. The average molecular weight is 310 g/mol. The third-order valence-corrected chi connectivity index (χ3v) is 3.27. The summed E-state index contributed by atoms with van der Waals surface area (Å²) in [5.74, 6) is -1.96. The zero-order chi connectivity index (χ0) is 15.6. The smallest absolute Gasteiger partial charge is 0.337 e. The minimum Gasteiger partial charge on any atom is -0.479 e. The fourth-order valence-corrected chi connectivity index (χ4v) is 2.12. The van der Waals surface area contributed by atoms with Gasteiger partial charge in [-0.2, -0.15) is 0 Å². The summed E-state index contributed by atoms with van der Waals surface area (Å²) in [4.78, 5) is 11.0. The first-order valence-electron chi connectivity index (χ1n) is 6.12. The molecule has 1 atom stereocenters. The van der Waals surface area contributed by atoms with Crippen molar-refractivity contribution in [2.75, 3.05) is 5.32 Å². The summed E-state index contributed by atoms with van der Waals surface area (Å²) in [7, 11) is 0. The lowest BCUT2D eigenvalue weighted by Gasteiger charge is -2.16.